The zero-order chi connectivity index (χ0) is 91.3. The normalized spacial score (nSPS) is 14.7. The summed E-state index contributed by atoms with van der Waals surface area (Å²) < 4.78 is 35.0. The summed E-state index contributed by atoms with van der Waals surface area (Å²) >= 11 is 22.3. The fourth-order valence-corrected chi connectivity index (χ4v) is 9.54. The third kappa shape index (κ3) is 69.8. The third-order valence-corrected chi connectivity index (χ3v) is 15.2. The van der Waals surface area contributed by atoms with E-state index in [0.29, 0.717) is 56.2 Å². The maximum absolute atomic E-state index is 11.8. The van der Waals surface area contributed by atoms with Gasteiger partial charge in [0.25, 0.3) is 0 Å². The number of alkyl carbamates (subject to hydrolysis) is 5. The van der Waals surface area contributed by atoms with Crippen molar-refractivity contribution in [1.82, 2.24) is 47.9 Å². The van der Waals surface area contributed by atoms with Crippen LogP contribution in [0.3, 0.4) is 0 Å². The fraction of sp³-hybridized carbons (Fsp3) is 0.767. The van der Waals surface area contributed by atoms with Gasteiger partial charge in [0, 0.05) is 30.2 Å². The Balaban J connectivity index is -0.000000296. The Hall–Kier alpha value is -8.19. The molecule has 1 aliphatic heterocycles. The molecule has 668 valence electrons. The van der Waals surface area contributed by atoms with Crippen LogP contribution in [-0.4, -0.2) is 200 Å². The molecular formula is C73H138N14O23S5. The van der Waals surface area contributed by atoms with E-state index in [1.807, 2.05) is 48.5 Å². The lowest BCUT2D eigenvalue weighted by molar-refractivity contribution is -0.169. The van der Waals surface area contributed by atoms with Crippen LogP contribution in [0, 0.1) is 44.8 Å². The molecule has 0 aromatic carbocycles. The van der Waals surface area contributed by atoms with E-state index in [1.54, 1.807) is 118 Å². The molecular weight excluding hydrogens is 1600 g/mol. The first-order chi connectivity index (χ1) is 52.2. The molecule has 23 N–H and O–H groups in total. The number of rotatable bonds is 21. The number of amides is 8. The van der Waals surface area contributed by atoms with E-state index in [1.165, 1.54) is 25.7 Å². The smallest absolute Gasteiger partial charge is 0.413 e. The molecule has 0 spiro atoms. The van der Waals surface area contributed by atoms with Crippen LogP contribution in [0.2, 0.25) is 0 Å². The van der Waals surface area contributed by atoms with Crippen LogP contribution in [0.5, 0.6) is 0 Å². The number of nitrogens with two attached hydrogens (primary N) is 5. The molecule has 0 aromatic rings. The standard InChI is InChI=1S/C13H23NO6.C13H23NO4.C11H21NO4.C10H19NO4.C8H14N2OS.C5H10N2O2S.C5H10N2OS.C4H8N2OS.C4H10N2S/c1-12(2,3)9(10(15)16)14-11(17)20-7-13(4)5-18-8-19-6-13;1-12(2,3)9(10(15)16)14-11(17)18-13(4)7-5-6-8-13;1-7(2)6-16-10(15)12-8(9(13)14)11(3,4)5;1-5-6-15-9(14)11-7(8(12)13)10(2,3)4;9-8(12)10-7(11)5-6-3-1-2-4-6;1-3(2)9-5(8)7-4(6)10;1-3(2)4(8)7-5(6)9;1-2-3(7)6-4(5)8;1-3(2)6-4(5)7/h9H,5-8H2,1-4H3,(H,14,17)(H,15,16);9H,5-8H2,1-4H3,(H,14,17)(H,15,16);7-8H,6H2,1-5H3,(H,12,15)(H,13,14);7H,5-6H2,1-4H3,(H,11,14)(H,12,13);6H,1-5H2,(H3,9,10,11,12);3H,1-2H3,(H3,6,7,8,10);3H,1-2H3,(H3,6,7,8,9);2H2,1H3,(H3,5,6,7,8);3H,1-2H3,(H3,5,6,7)/t2*9-;8-;7-;;;;;/m1111...../s1. The minimum Gasteiger partial charge on any atom is -0.480 e. The van der Waals surface area contributed by atoms with Gasteiger partial charge in [0.05, 0.1) is 32.5 Å². The van der Waals surface area contributed by atoms with Gasteiger partial charge in [-0.1, -0.05) is 144 Å². The van der Waals surface area contributed by atoms with Crippen molar-refractivity contribution in [2.45, 2.75) is 279 Å². The molecule has 3 fully saturated rings. The van der Waals surface area contributed by atoms with Crippen molar-refractivity contribution in [3.8, 4) is 0 Å². The second-order valence-corrected chi connectivity index (χ2v) is 34.8. The van der Waals surface area contributed by atoms with Gasteiger partial charge in [0.1, 0.15) is 43.2 Å². The average Bonchev–Trinajstić information content (AvgIpc) is 1.81. The molecule has 4 atom stereocenters. The van der Waals surface area contributed by atoms with E-state index in [-0.39, 0.29) is 76.1 Å². The number of aliphatic carboxylic acids is 4. The van der Waals surface area contributed by atoms with Crippen molar-refractivity contribution in [2.24, 2.45) is 73.5 Å². The first-order valence-corrected chi connectivity index (χ1v) is 39.3. The van der Waals surface area contributed by atoms with Crippen molar-refractivity contribution in [1.29, 1.82) is 0 Å². The molecule has 3 aliphatic rings. The van der Waals surface area contributed by atoms with Crippen molar-refractivity contribution >= 4 is 159 Å². The summed E-state index contributed by atoms with van der Waals surface area (Å²) in [5.41, 5.74) is 22.2. The van der Waals surface area contributed by atoms with Crippen LogP contribution in [0.1, 0.15) is 237 Å². The van der Waals surface area contributed by atoms with E-state index in [4.69, 9.17) is 77.5 Å². The van der Waals surface area contributed by atoms with Crippen LogP contribution in [-0.2, 0) is 66.7 Å². The highest BCUT2D eigenvalue weighted by molar-refractivity contribution is 7.81. The van der Waals surface area contributed by atoms with Crippen LogP contribution in [0.15, 0.2) is 0 Å². The van der Waals surface area contributed by atoms with Gasteiger partial charge >= 0.3 is 54.3 Å². The Bertz CT molecular complexity index is 3050. The number of ether oxygens (including phenoxy) is 7. The molecule has 3 rings (SSSR count). The molecule has 0 aromatic heterocycles. The SMILES string of the molecule is CC(C)C(=O)NC(N)=S.CC(C)COC(=O)N[C@H](C(=O)O)C(C)(C)C.CC(C)NC(N)=S.CC(C)OC(=O)NC(N)=S.CC1(COC(=O)N[C@H](C(=O)O)C(C)(C)C)COCOC1.CC1(OC(=O)N[C@H](C(=O)O)C(C)(C)C)CCCC1.CCC(=O)NC(N)=S.CCCOC(=O)N[C@H](C(=O)O)C(C)(C)C.NC(=S)NC(=O)CC1CCCC1. The highest BCUT2D eigenvalue weighted by Crippen LogP contribution is 2.33. The molecule has 2 aliphatic carbocycles. The highest BCUT2D eigenvalue weighted by Gasteiger charge is 2.39. The number of nitrogens with one attached hydrogen (secondary N) is 9. The predicted molar refractivity (Wildman–Crippen MR) is 457 cm³/mol. The van der Waals surface area contributed by atoms with Gasteiger partial charge < -0.3 is 125 Å². The van der Waals surface area contributed by atoms with E-state index in [0.717, 1.165) is 25.7 Å². The Kier molecular flexibility index (Phi) is 61.7. The first-order valence-electron chi connectivity index (χ1n) is 37.2. The molecule has 2 saturated carbocycles. The number of carbonyl (C=O) groups is 12. The topological polar surface area (TPSA) is 589 Å². The summed E-state index contributed by atoms with van der Waals surface area (Å²) in [7, 11) is 0. The quantitative estimate of drug-likeness (QED) is 0.0378. The lowest BCUT2D eigenvalue weighted by Gasteiger charge is -2.33. The molecule has 42 heteroatoms. The number of carboxylic acid groups (broad SMARTS) is 4. The summed E-state index contributed by atoms with van der Waals surface area (Å²) in [6, 6.07) is -3.50. The molecule has 1 heterocycles. The maximum atomic E-state index is 11.8. The summed E-state index contributed by atoms with van der Waals surface area (Å²) in [6.07, 6.45) is 6.81. The highest BCUT2D eigenvalue weighted by atomic mass is 32.1. The predicted octanol–water partition coefficient (Wildman–Crippen LogP) is 8.53. The summed E-state index contributed by atoms with van der Waals surface area (Å²) in [5, 5.41) is 58.0. The zero-order valence-corrected chi connectivity index (χ0v) is 75.8. The Morgan fingerprint density at radius 3 is 1.10 bits per heavy atom. The lowest BCUT2D eigenvalue weighted by atomic mass is 9.87. The monoisotopic (exact) mass is 1740 g/mol. The van der Waals surface area contributed by atoms with Crippen molar-refractivity contribution in [3.63, 3.8) is 0 Å². The lowest BCUT2D eigenvalue weighted by Crippen LogP contribution is -2.50. The zero-order valence-electron chi connectivity index (χ0n) is 71.7. The van der Waals surface area contributed by atoms with E-state index in [2.05, 4.69) is 114 Å². The van der Waals surface area contributed by atoms with Crippen molar-refractivity contribution in [2.75, 3.05) is 39.8 Å². The van der Waals surface area contributed by atoms with Gasteiger partial charge in [-0.15, -0.1) is 0 Å². The van der Waals surface area contributed by atoms with Crippen molar-refractivity contribution < 1.29 is 111 Å². The molecule has 8 amide bonds. The van der Waals surface area contributed by atoms with Crippen molar-refractivity contribution in [3.05, 3.63) is 0 Å². The molecule has 1 saturated heterocycles. The Morgan fingerprint density at radius 1 is 0.470 bits per heavy atom. The largest absolute Gasteiger partial charge is 0.480 e. The van der Waals surface area contributed by atoms with Crippen LogP contribution >= 0.6 is 61.1 Å². The number of hydrogen-bond donors (Lipinski definition) is 18. The second kappa shape index (κ2) is 60.3. The number of carboxylic acids is 4. The molecule has 0 bridgehead atoms. The van der Waals surface area contributed by atoms with Gasteiger partial charge in [0.15, 0.2) is 25.6 Å². The van der Waals surface area contributed by atoms with E-state index < -0.39 is 111 Å². The number of carbonyl (C=O) groups excluding carboxylic acids is 8. The fourth-order valence-electron chi connectivity index (χ4n) is 8.89. The molecule has 0 radical (unpaired) electrons. The number of thiocarbonyl (C=S) groups is 5. The minimum absolute atomic E-state index is 0.0330. The second-order valence-electron chi connectivity index (χ2n) is 32.7. The molecule has 0 unspecified atom stereocenters. The molecule has 115 heavy (non-hydrogen) atoms. The van der Waals surface area contributed by atoms with Gasteiger partial charge in [-0.3, -0.25) is 19.7 Å². The van der Waals surface area contributed by atoms with Gasteiger partial charge in [-0.05, 0) is 174 Å². The van der Waals surface area contributed by atoms with Crippen LogP contribution < -0.4 is 76.5 Å². The van der Waals surface area contributed by atoms with Gasteiger partial charge in [-0.25, -0.2) is 43.2 Å². The van der Waals surface area contributed by atoms with Crippen LogP contribution in [0.25, 0.3) is 0 Å². The summed E-state index contributed by atoms with van der Waals surface area (Å²) in [5.74, 6) is -3.85. The van der Waals surface area contributed by atoms with Gasteiger partial charge in [-0.2, -0.15) is 0 Å². The summed E-state index contributed by atoms with van der Waals surface area (Å²) in [6.45, 7) is 44.9. The Labute approximate surface area is 705 Å². The van der Waals surface area contributed by atoms with Crippen LogP contribution in [0.4, 0.5) is 24.0 Å². The maximum Gasteiger partial charge on any atom is 0.413 e. The third-order valence-electron chi connectivity index (χ3n) is 14.7. The Morgan fingerprint density at radius 2 is 0.826 bits per heavy atom. The average molecular weight is 1740 g/mol. The van der Waals surface area contributed by atoms with Gasteiger partial charge in [0.2, 0.25) is 17.7 Å². The minimum atomic E-state index is -1.09. The van der Waals surface area contributed by atoms with E-state index in [9.17, 15) is 57.5 Å². The molecule has 37 nitrogen and oxygen atoms in total. The summed E-state index contributed by atoms with van der Waals surface area (Å²) in [4.78, 5) is 133. The van der Waals surface area contributed by atoms with E-state index >= 15 is 0 Å². The number of hydrogen-bond acceptors (Lipinski definition) is 24. The first kappa shape index (κ1) is 118.